The maximum Gasteiger partial charge on any atom is 0.223 e. The normalized spacial score (nSPS) is 14.9. The quantitative estimate of drug-likeness (QED) is 0.572. The number of thiazole rings is 1. The van der Waals surface area contributed by atoms with Crippen LogP contribution in [0.2, 0.25) is 0 Å². The highest BCUT2D eigenvalue weighted by Crippen LogP contribution is 2.23. The molecule has 1 aliphatic rings. The Bertz CT molecular complexity index is 1100. The van der Waals surface area contributed by atoms with Gasteiger partial charge in [0.05, 0.1) is 21.6 Å². The third-order valence-corrected chi connectivity index (χ3v) is 6.12. The summed E-state index contributed by atoms with van der Waals surface area (Å²) in [6.45, 7) is 2.88. The van der Waals surface area contributed by atoms with Crippen molar-refractivity contribution >= 4 is 44.4 Å². The summed E-state index contributed by atoms with van der Waals surface area (Å²) in [4.78, 5) is 37.2. The molecule has 1 N–H and O–H groups in total. The van der Waals surface area contributed by atoms with E-state index in [1.54, 1.807) is 17.7 Å². The van der Waals surface area contributed by atoms with Gasteiger partial charge in [0.25, 0.3) is 0 Å². The van der Waals surface area contributed by atoms with E-state index in [-0.39, 0.29) is 5.91 Å². The highest BCUT2D eigenvalue weighted by Gasteiger charge is 2.23. The SMILES string of the molecule is O=C(CCc1nc2ccccc2s1)N1CCN(c2ncnc3nc[nH]c23)CC1. The van der Waals surface area contributed by atoms with Gasteiger partial charge in [-0.15, -0.1) is 11.3 Å². The fraction of sp³-hybridized carbons (Fsp3) is 0.316. The summed E-state index contributed by atoms with van der Waals surface area (Å²) in [7, 11) is 0. The van der Waals surface area contributed by atoms with Crippen molar-refractivity contribution in [2.45, 2.75) is 12.8 Å². The zero-order chi connectivity index (χ0) is 18.9. The number of aromatic nitrogens is 5. The van der Waals surface area contributed by atoms with Gasteiger partial charge in [0.15, 0.2) is 11.5 Å². The monoisotopic (exact) mass is 393 g/mol. The minimum Gasteiger partial charge on any atom is -0.351 e. The van der Waals surface area contributed by atoms with E-state index in [0.29, 0.717) is 31.6 Å². The van der Waals surface area contributed by atoms with E-state index in [2.05, 4.69) is 35.9 Å². The Morgan fingerprint density at radius 3 is 2.82 bits per heavy atom. The van der Waals surface area contributed by atoms with Gasteiger partial charge in [-0.1, -0.05) is 12.1 Å². The molecule has 8 nitrogen and oxygen atoms in total. The van der Waals surface area contributed by atoms with Crippen molar-refractivity contribution in [3.05, 3.63) is 41.9 Å². The van der Waals surface area contributed by atoms with Gasteiger partial charge >= 0.3 is 0 Å². The topological polar surface area (TPSA) is 90.9 Å². The van der Waals surface area contributed by atoms with Gasteiger partial charge in [0.1, 0.15) is 11.8 Å². The lowest BCUT2D eigenvalue weighted by Crippen LogP contribution is -2.49. The van der Waals surface area contributed by atoms with E-state index in [0.717, 1.165) is 34.9 Å². The predicted octanol–water partition coefficient (Wildman–Crippen LogP) is 2.24. The Morgan fingerprint density at radius 1 is 1.11 bits per heavy atom. The number of hydrogen-bond acceptors (Lipinski definition) is 7. The second kappa shape index (κ2) is 7.16. The van der Waals surface area contributed by atoms with Crippen LogP contribution in [0.25, 0.3) is 21.4 Å². The minimum absolute atomic E-state index is 0.188. The molecule has 4 heterocycles. The van der Waals surface area contributed by atoms with Gasteiger partial charge in [0, 0.05) is 39.0 Å². The first-order valence-electron chi connectivity index (χ1n) is 9.29. The lowest BCUT2D eigenvalue weighted by atomic mass is 10.2. The summed E-state index contributed by atoms with van der Waals surface area (Å²) < 4.78 is 1.17. The van der Waals surface area contributed by atoms with Crippen LogP contribution < -0.4 is 4.90 Å². The molecule has 142 valence electrons. The molecule has 1 saturated heterocycles. The Balaban J connectivity index is 1.19. The Kier molecular flexibility index (Phi) is 4.36. The van der Waals surface area contributed by atoms with Crippen molar-refractivity contribution in [1.82, 2.24) is 29.8 Å². The highest BCUT2D eigenvalue weighted by molar-refractivity contribution is 7.18. The smallest absolute Gasteiger partial charge is 0.223 e. The third kappa shape index (κ3) is 3.18. The Morgan fingerprint density at radius 2 is 1.96 bits per heavy atom. The molecule has 0 radical (unpaired) electrons. The summed E-state index contributed by atoms with van der Waals surface area (Å²) in [6.07, 6.45) is 4.36. The van der Waals surface area contributed by atoms with E-state index in [4.69, 9.17) is 0 Å². The van der Waals surface area contributed by atoms with E-state index >= 15 is 0 Å². The second-order valence-corrected chi connectivity index (χ2v) is 7.86. The maximum atomic E-state index is 12.6. The van der Waals surface area contributed by atoms with Crippen LogP contribution in [0.15, 0.2) is 36.9 Å². The van der Waals surface area contributed by atoms with Gasteiger partial charge in [-0.25, -0.2) is 19.9 Å². The second-order valence-electron chi connectivity index (χ2n) is 6.74. The molecule has 0 unspecified atom stereocenters. The number of fused-ring (bicyclic) bond motifs is 2. The standard InChI is InChI=1S/C19H19N7OS/c27-16(6-5-15-24-13-3-1-2-4-14(13)28-15)25-7-9-26(10-8-25)19-17-18(21-11-20-17)22-12-23-19/h1-4,11-12H,5-10H2,(H,20,21,22,23). The number of aryl methyl sites for hydroxylation is 1. The fourth-order valence-electron chi connectivity index (χ4n) is 3.56. The van der Waals surface area contributed by atoms with E-state index in [9.17, 15) is 4.79 Å². The summed E-state index contributed by atoms with van der Waals surface area (Å²) in [5.74, 6) is 1.04. The molecule has 1 aliphatic heterocycles. The molecule has 1 fully saturated rings. The van der Waals surface area contributed by atoms with Crippen LogP contribution in [0.3, 0.4) is 0 Å². The molecule has 5 rings (SSSR count). The van der Waals surface area contributed by atoms with Gasteiger partial charge in [-0.05, 0) is 12.1 Å². The van der Waals surface area contributed by atoms with Crippen LogP contribution in [0.4, 0.5) is 5.82 Å². The van der Waals surface area contributed by atoms with Gasteiger partial charge in [0.2, 0.25) is 5.91 Å². The maximum absolute atomic E-state index is 12.6. The molecular formula is C19H19N7OS. The number of amides is 1. The first kappa shape index (κ1) is 17.1. The van der Waals surface area contributed by atoms with Crippen molar-refractivity contribution in [3.8, 4) is 0 Å². The molecule has 9 heteroatoms. The first-order chi connectivity index (χ1) is 13.8. The minimum atomic E-state index is 0.188. The Labute approximate surface area is 165 Å². The number of anilines is 1. The molecule has 0 aliphatic carbocycles. The van der Waals surface area contributed by atoms with Crippen LogP contribution in [0.5, 0.6) is 0 Å². The zero-order valence-corrected chi connectivity index (χ0v) is 16.0. The van der Waals surface area contributed by atoms with Crippen molar-refractivity contribution in [2.75, 3.05) is 31.1 Å². The highest BCUT2D eigenvalue weighted by atomic mass is 32.1. The lowest BCUT2D eigenvalue weighted by Gasteiger charge is -2.35. The average molecular weight is 393 g/mol. The molecule has 3 aromatic heterocycles. The van der Waals surface area contributed by atoms with E-state index < -0.39 is 0 Å². The van der Waals surface area contributed by atoms with Crippen molar-refractivity contribution in [3.63, 3.8) is 0 Å². The number of benzene rings is 1. The largest absolute Gasteiger partial charge is 0.351 e. The number of nitrogens with one attached hydrogen (secondary N) is 1. The third-order valence-electron chi connectivity index (χ3n) is 5.03. The number of nitrogens with zero attached hydrogens (tertiary/aromatic N) is 6. The molecular weight excluding hydrogens is 374 g/mol. The van der Waals surface area contributed by atoms with Gasteiger partial charge in [-0.3, -0.25) is 4.79 Å². The number of carbonyl (C=O) groups is 1. The van der Waals surface area contributed by atoms with Crippen LogP contribution in [-0.2, 0) is 11.2 Å². The van der Waals surface area contributed by atoms with Crippen LogP contribution in [0, 0.1) is 0 Å². The summed E-state index contributed by atoms with van der Waals surface area (Å²) in [5, 5.41) is 1.02. The molecule has 1 aromatic carbocycles. The molecule has 1 amide bonds. The number of carbonyl (C=O) groups excluding carboxylic acids is 1. The van der Waals surface area contributed by atoms with Crippen molar-refractivity contribution in [1.29, 1.82) is 0 Å². The molecule has 4 aromatic rings. The number of rotatable bonds is 4. The first-order valence-corrected chi connectivity index (χ1v) is 10.1. The van der Waals surface area contributed by atoms with Gasteiger partial charge in [-0.2, -0.15) is 0 Å². The molecule has 0 atom stereocenters. The fourth-order valence-corrected chi connectivity index (χ4v) is 4.53. The van der Waals surface area contributed by atoms with Crippen LogP contribution in [-0.4, -0.2) is 61.9 Å². The predicted molar refractivity (Wildman–Crippen MR) is 108 cm³/mol. The number of imidazole rings is 1. The average Bonchev–Trinajstić information content (AvgIpc) is 3.38. The molecule has 28 heavy (non-hydrogen) atoms. The number of H-pyrrole nitrogens is 1. The van der Waals surface area contributed by atoms with E-state index in [1.807, 2.05) is 23.1 Å². The lowest BCUT2D eigenvalue weighted by molar-refractivity contribution is -0.131. The van der Waals surface area contributed by atoms with Crippen molar-refractivity contribution in [2.24, 2.45) is 0 Å². The number of aromatic amines is 1. The zero-order valence-electron chi connectivity index (χ0n) is 15.2. The number of para-hydroxylation sites is 1. The summed E-state index contributed by atoms with van der Waals surface area (Å²) >= 11 is 1.67. The van der Waals surface area contributed by atoms with E-state index in [1.165, 1.54) is 11.0 Å². The van der Waals surface area contributed by atoms with Crippen molar-refractivity contribution < 1.29 is 4.79 Å². The summed E-state index contributed by atoms with van der Waals surface area (Å²) in [6, 6.07) is 8.09. The molecule has 0 bridgehead atoms. The molecule has 0 spiro atoms. The van der Waals surface area contributed by atoms with Crippen LogP contribution in [0.1, 0.15) is 11.4 Å². The van der Waals surface area contributed by atoms with Crippen LogP contribution >= 0.6 is 11.3 Å². The molecule has 0 saturated carbocycles. The van der Waals surface area contributed by atoms with Gasteiger partial charge < -0.3 is 14.8 Å². The number of hydrogen-bond donors (Lipinski definition) is 1. The number of piperazine rings is 1. The summed E-state index contributed by atoms with van der Waals surface area (Å²) in [5.41, 5.74) is 2.52. The Hall–Kier alpha value is -3.07.